The Hall–Kier alpha value is -1.47. The molecule has 0 saturated carbocycles. The molecule has 0 spiro atoms. The Labute approximate surface area is 144 Å². The normalized spacial score (nSPS) is 15.7. The third-order valence-electron chi connectivity index (χ3n) is 4.24. The van der Waals surface area contributed by atoms with Crippen LogP contribution in [0.3, 0.4) is 0 Å². The number of rotatable bonds is 6. The summed E-state index contributed by atoms with van der Waals surface area (Å²) in [4.78, 5) is 24.6. The van der Waals surface area contributed by atoms with Crippen LogP contribution >= 0.6 is 15.9 Å². The van der Waals surface area contributed by atoms with E-state index in [4.69, 9.17) is 0 Å². The minimum absolute atomic E-state index is 0.0253. The molecule has 0 aliphatic carbocycles. The first-order chi connectivity index (χ1) is 11.0. The highest BCUT2D eigenvalue weighted by molar-refractivity contribution is 9.10. The molecule has 7 heteroatoms. The van der Waals surface area contributed by atoms with Gasteiger partial charge in [0.1, 0.15) is 0 Å². The zero-order chi connectivity index (χ0) is 16.8. The molecule has 1 N–H and O–H groups in total. The number of halogens is 1. The van der Waals surface area contributed by atoms with E-state index < -0.39 is 4.92 Å². The topological polar surface area (TPSA) is 75.5 Å². The summed E-state index contributed by atoms with van der Waals surface area (Å²) < 4.78 is 0.613. The van der Waals surface area contributed by atoms with Gasteiger partial charge in [-0.25, -0.2) is 0 Å². The third-order valence-corrected chi connectivity index (χ3v) is 4.98. The Kier molecular flexibility index (Phi) is 6.53. The Morgan fingerprint density at radius 2 is 2.13 bits per heavy atom. The Bertz CT molecular complexity index is 572. The Morgan fingerprint density at radius 3 is 2.70 bits per heavy atom. The SMILES string of the molecule is CCNCC1CCN(C(=O)Cc2ccc([N+](=O)[O-])cc2Br)CC1. The van der Waals surface area contributed by atoms with Crippen molar-refractivity contribution in [1.29, 1.82) is 0 Å². The number of amides is 1. The maximum atomic E-state index is 12.4. The highest BCUT2D eigenvalue weighted by Gasteiger charge is 2.23. The standard InChI is InChI=1S/C16H22BrN3O3/c1-2-18-11-12-5-7-19(8-6-12)16(21)9-13-3-4-14(20(22)23)10-15(13)17/h3-4,10,12,18H,2,5-9,11H2,1H3. The van der Waals surface area contributed by atoms with Crippen LogP contribution in [0.25, 0.3) is 0 Å². The van der Waals surface area contributed by atoms with Crippen molar-refractivity contribution in [2.24, 2.45) is 5.92 Å². The average molecular weight is 384 g/mol. The molecular weight excluding hydrogens is 362 g/mol. The van der Waals surface area contributed by atoms with Gasteiger partial charge in [-0.1, -0.05) is 28.9 Å². The summed E-state index contributed by atoms with van der Waals surface area (Å²) in [5.74, 6) is 0.728. The van der Waals surface area contributed by atoms with Crippen LogP contribution in [0.2, 0.25) is 0 Å². The molecule has 0 bridgehead atoms. The lowest BCUT2D eigenvalue weighted by molar-refractivity contribution is -0.384. The number of nitro benzene ring substituents is 1. The first kappa shape index (κ1) is 17.9. The van der Waals surface area contributed by atoms with Gasteiger partial charge in [-0.15, -0.1) is 0 Å². The largest absolute Gasteiger partial charge is 0.342 e. The van der Waals surface area contributed by atoms with E-state index in [-0.39, 0.29) is 18.0 Å². The molecule has 1 saturated heterocycles. The highest BCUT2D eigenvalue weighted by atomic mass is 79.9. The third kappa shape index (κ3) is 5.00. The van der Waals surface area contributed by atoms with Gasteiger partial charge < -0.3 is 10.2 Å². The van der Waals surface area contributed by atoms with Crippen molar-refractivity contribution in [3.8, 4) is 0 Å². The van der Waals surface area contributed by atoms with Gasteiger partial charge in [-0.3, -0.25) is 14.9 Å². The van der Waals surface area contributed by atoms with E-state index in [1.165, 1.54) is 12.1 Å². The number of nitrogens with zero attached hydrogens (tertiary/aromatic N) is 2. The number of piperidine rings is 1. The fraction of sp³-hybridized carbons (Fsp3) is 0.562. The molecule has 1 aromatic carbocycles. The van der Waals surface area contributed by atoms with Crippen molar-refractivity contribution in [1.82, 2.24) is 10.2 Å². The number of non-ortho nitro benzene ring substituents is 1. The predicted molar refractivity (Wildman–Crippen MR) is 92.3 cm³/mol. The number of nitro groups is 1. The number of carbonyl (C=O) groups excluding carboxylic acids is 1. The summed E-state index contributed by atoms with van der Waals surface area (Å²) in [7, 11) is 0. The van der Waals surface area contributed by atoms with Gasteiger partial charge in [-0.2, -0.15) is 0 Å². The summed E-state index contributed by atoms with van der Waals surface area (Å²) in [5.41, 5.74) is 0.813. The fourth-order valence-corrected chi connectivity index (χ4v) is 3.31. The first-order valence-electron chi connectivity index (χ1n) is 7.92. The molecule has 1 aromatic rings. The lowest BCUT2D eigenvalue weighted by atomic mass is 9.96. The van der Waals surface area contributed by atoms with Crippen LogP contribution in [0.1, 0.15) is 25.3 Å². The number of nitrogens with one attached hydrogen (secondary N) is 1. The number of hydrogen-bond donors (Lipinski definition) is 1. The summed E-state index contributed by atoms with van der Waals surface area (Å²) in [6.07, 6.45) is 2.33. The molecule has 1 aliphatic rings. The lowest BCUT2D eigenvalue weighted by Crippen LogP contribution is -2.41. The van der Waals surface area contributed by atoms with Crippen LogP contribution in [0.4, 0.5) is 5.69 Å². The molecule has 0 aromatic heterocycles. The van der Waals surface area contributed by atoms with Crippen molar-refractivity contribution >= 4 is 27.5 Å². The summed E-state index contributed by atoms with van der Waals surface area (Å²) in [6, 6.07) is 4.54. The molecule has 0 atom stereocenters. The van der Waals surface area contributed by atoms with E-state index in [0.29, 0.717) is 10.4 Å². The average Bonchev–Trinajstić information content (AvgIpc) is 2.55. The van der Waals surface area contributed by atoms with Gasteiger partial charge in [0.05, 0.1) is 11.3 Å². The minimum Gasteiger partial charge on any atom is -0.342 e. The molecule has 6 nitrogen and oxygen atoms in total. The zero-order valence-electron chi connectivity index (χ0n) is 13.3. The molecule has 1 heterocycles. The molecule has 126 valence electrons. The van der Waals surface area contributed by atoms with Gasteiger partial charge in [0.2, 0.25) is 5.91 Å². The second kappa shape index (κ2) is 8.40. The second-order valence-corrected chi connectivity index (χ2v) is 6.70. The van der Waals surface area contributed by atoms with Crippen molar-refractivity contribution in [2.75, 3.05) is 26.2 Å². The van der Waals surface area contributed by atoms with Crippen LogP contribution in [-0.4, -0.2) is 41.9 Å². The van der Waals surface area contributed by atoms with E-state index in [9.17, 15) is 14.9 Å². The zero-order valence-corrected chi connectivity index (χ0v) is 14.8. The van der Waals surface area contributed by atoms with Crippen molar-refractivity contribution in [3.63, 3.8) is 0 Å². The van der Waals surface area contributed by atoms with E-state index in [2.05, 4.69) is 28.2 Å². The van der Waals surface area contributed by atoms with Gasteiger partial charge in [0.25, 0.3) is 5.69 Å². The molecule has 1 amide bonds. The van der Waals surface area contributed by atoms with Gasteiger partial charge in [-0.05, 0) is 37.4 Å². The van der Waals surface area contributed by atoms with Crippen molar-refractivity contribution in [2.45, 2.75) is 26.2 Å². The maximum absolute atomic E-state index is 12.4. The Balaban J connectivity index is 1.89. The number of hydrogen-bond acceptors (Lipinski definition) is 4. The van der Waals surface area contributed by atoms with Crippen LogP contribution in [-0.2, 0) is 11.2 Å². The number of likely N-dealkylation sites (tertiary alicyclic amines) is 1. The molecule has 2 rings (SSSR count). The van der Waals surface area contributed by atoms with Gasteiger partial charge in [0.15, 0.2) is 0 Å². The quantitative estimate of drug-likeness (QED) is 0.605. The number of carbonyl (C=O) groups is 1. The second-order valence-electron chi connectivity index (χ2n) is 5.84. The number of benzene rings is 1. The predicted octanol–water partition coefficient (Wildman–Crippen LogP) is 2.75. The van der Waals surface area contributed by atoms with E-state index >= 15 is 0 Å². The van der Waals surface area contributed by atoms with E-state index in [1.807, 2.05) is 4.90 Å². The summed E-state index contributed by atoms with van der Waals surface area (Å²) in [5, 5.41) is 14.1. The van der Waals surface area contributed by atoms with Crippen LogP contribution in [0.5, 0.6) is 0 Å². The van der Waals surface area contributed by atoms with Crippen LogP contribution < -0.4 is 5.32 Å². The summed E-state index contributed by atoms with van der Waals surface area (Å²) >= 11 is 3.32. The molecular formula is C16H22BrN3O3. The smallest absolute Gasteiger partial charge is 0.270 e. The van der Waals surface area contributed by atoms with Gasteiger partial charge >= 0.3 is 0 Å². The van der Waals surface area contributed by atoms with Crippen molar-refractivity contribution in [3.05, 3.63) is 38.3 Å². The molecule has 23 heavy (non-hydrogen) atoms. The van der Waals surface area contributed by atoms with E-state index in [1.54, 1.807) is 6.07 Å². The Morgan fingerprint density at radius 1 is 1.43 bits per heavy atom. The van der Waals surface area contributed by atoms with Gasteiger partial charge in [0, 0.05) is 29.7 Å². The molecule has 1 aliphatic heterocycles. The lowest BCUT2D eigenvalue weighted by Gasteiger charge is -2.32. The summed E-state index contributed by atoms with van der Waals surface area (Å²) in [6.45, 7) is 5.68. The van der Waals surface area contributed by atoms with Crippen LogP contribution in [0.15, 0.2) is 22.7 Å². The minimum atomic E-state index is -0.439. The molecule has 0 radical (unpaired) electrons. The highest BCUT2D eigenvalue weighted by Crippen LogP contribution is 2.24. The maximum Gasteiger partial charge on any atom is 0.270 e. The first-order valence-corrected chi connectivity index (χ1v) is 8.72. The fourth-order valence-electron chi connectivity index (χ4n) is 2.80. The van der Waals surface area contributed by atoms with E-state index in [0.717, 1.165) is 44.6 Å². The monoisotopic (exact) mass is 383 g/mol. The molecule has 1 fully saturated rings. The van der Waals surface area contributed by atoms with Crippen molar-refractivity contribution < 1.29 is 9.72 Å². The molecule has 0 unspecified atom stereocenters. The van der Waals surface area contributed by atoms with Crippen LogP contribution in [0, 0.1) is 16.0 Å².